The normalized spacial score (nSPS) is 27.2. The Morgan fingerprint density at radius 3 is 2.59 bits per heavy atom. The van der Waals surface area contributed by atoms with E-state index >= 15 is 0 Å². The Balaban J connectivity index is 1.65. The number of aliphatic hydroxyl groups is 4. The Labute approximate surface area is 181 Å². The van der Waals surface area contributed by atoms with Crippen molar-refractivity contribution in [1.82, 2.24) is 0 Å². The third-order valence-corrected chi connectivity index (χ3v) is 5.97. The van der Waals surface area contributed by atoms with Gasteiger partial charge in [0.25, 0.3) is 0 Å². The summed E-state index contributed by atoms with van der Waals surface area (Å²) in [7, 11) is 0. The monoisotopic (exact) mass is 446 g/mol. The highest BCUT2D eigenvalue weighted by Gasteiger charge is 2.45. The molecule has 5 rings (SSSR count). The lowest BCUT2D eigenvalue weighted by Crippen LogP contribution is -2.60. The number of fused-ring (bicyclic) bond motifs is 5. The van der Waals surface area contributed by atoms with E-state index < -0.39 is 42.9 Å². The summed E-state index contributed by atoms with van der Waals surface area (Å²) in [5, 5.41) is 41.3. The second-order valence-corrected chi connectivity index (χ2v) is 7.95. The topological polar surface area (TPSA) is 148 Å². The number of aryl methyl sites for hydroxylation is 2. The minimum atomic E-state index is -1.57. The molecule has 1 fully saturated rings. The highest BCUT2D eigenvalue weighted by molar-refractivity contribution is 6.11. The molecule has 10 heteroatoms. The van der Waals surface area contributed by atoms with E-state index in [0.717, 1.165) is 0 Å². The molecule has 3 heterocycles. The molecule has 0 bridgehead atoms. The predicted molar refractivity (Wildman–Crippen MR) is 110 cm³/mol. The molecular weight excluding hydrogens is 424 g/mol. The highest BCUT2D eigenvalue weighted by atomic mass is 16.7. The first-order valence-electron chi connectivity index (χ1n) is 10.1. The molecule has 0 radical (unpaired) electrons. The van der Waals surface area contributed by atoms with Gasteiger partial charge in [-0.2, -0.15) is 0 Å². The van der Waals surface area contributed by atoms with Crippen molar-refractivity contribution in [3.63, 3.8) is 0 Å². The van der Waals surface area contributed by atoms with E-state index in [1.807, 2.05) is 0 Å². The molecule has 2 aliphatic rings. The summed E-state index contributed by atoms with van der Waals surface area (Å²) < 4.78 is 27.9. The number of benzene rings is 2. The van der Waals surface area contributed by atoms with Crippen LogP contribution < -0.4 is 19.8 Å². The molecule has 32 heavy (non-hydrogen) atoms. The zero-order valence-corrected chi connectivity index (χ0v) is 17.3. The Morgan fingerprint density at radius 2 is 1.84 bits per heavy atom. The molecule has 1 saturated heterocycles. The summed E-state index contributed by atoms with van der Waals surface area (Å²) >= 11 is 0. The van der Waals surface area contributed by atoms with Gasteiger partial charge in [0.2, 0.25) is 13.1 Å². The quantitative estimate of drug-likeness (QED) is 0.330. The first-order chi connectivity index (χ1) is 15.3. The number of aliphatic hydroxyl groups excluding tert-OH is 4. The molecule has 1 aromatic heterocycles. The Bertz CT molecular complexity index is 1260. The van der Waals surface area contributed by atoms with Crippen LogP contribution in [0.1, 0.15) is 11.1 Å². The van der Waals surface area contributed by atoms with Crippen LogP contribution in [0.4, 0.5) is 0 Å². The first-order valence-corrected chi connectivity index (χ1v) is 10.1. The van der Waals surface area contributed by atoms with Crippen LogP contribution in [0.15, 0.2) is 27.4 Å². The first kappa shape index (κ1) is 21.0. The average molecular weight is 446 g/mol. The lowest BCUT2D eigenvalue weighted by Gasteiger charge is -2.39. The van der Waals surface area contributed by atoms with Crippen molar-refractivity contribution in [1.29, 1.82) is 0 Å². The van der Waals surface area contributed by atoms with Crippen LogP contribution in [-0.4, -0.2) is 64.5 Å². The molecule has 2 aliphatic heterocycles. The minimum Gasteiger partial charge on any atom is -0.462 e. The molecule has 2 aromatic carbocycles. The van der Waals surface area contributed by atoms with E-state index in [4.69, 9.17) is 23.4 Å². The molecule has 5 atom stereocenters. The van der Waals surface area contributed by atoms with Gasteiger partial charge in [-0.3, -0.25) is 0 Å². The van der Waals surface area contributed by atoms with Crippen LogP contribution in [-0.2, 0) is 4.74 Å². The summed E-state index contributed by atoms with van der Waals surface area (Å²) in [6.45, 7) is 2.95. The summed E-state index contributed by atoms with van der Waals surface area (Å²) in [4.78, 5) is 12.7. The Kier molecular flexibility index (Phi) is 4.99. The van der Waals surface area contributed by atoms with Crippen LogP contribution in [0.3, 0.4) is 0 Å². The van der Waals surface area contributed by atoms with Gasteiger partial charge in [0.1, 0.15) is 35.7 Å². The summed E-state index contributed by atoms with van der Waals surface area (Å²) in [5.74, 6) is 1.24. The number of rotatable bonds is 3. The Morgan fingerprint density at radius 1 is 1.06 bits per heavy atom. The lowest BCUT2D eigenvalue weighted by atomic mass is 9.98. The Hall–Kier alpha value is -2.89. The summed E-state index contributed by atoms with van der Waals surface area (Å²) in [6.07, 6.45) is -7.12. The molecule has 4 N–H and O–H groups in total. The molecule has 0 unspecified atom stereocenters. The van der Waals surface area contributed by atoms with Gasteiger partial charge in [-0.15, -0.1) is 0 Å². The maximum absolute atomic E-state index is 12.7. The maximum Gasteiger partial charge on any atom is 0.344 e. The van der Waals surface area contributed by atoms with E-state index in [-0.39, 0.29) is 18.1 Å². The molecule has 0 saturated carbocycles. The lowest BCUT2D eigenvalue weighted by molar-refractivity contribution is -0.277. The predicted octanol–water partition coefficient (Wildman–Crippen LogP) is 0.470. The molecule has 0 spiro atoms. The minimum absolute atomic E-state index is 0.0481. The third kappa shape index (κ3) is 3.03. The second kappa shape index (κ2) is 7.61. The van der Waals surface area contributed by atoms with Gasteiger partial charge in [0, 0.05) is 16.3 Å². The number of hydrogen-bond acceptors (Lipinski definition) is 10. The number of hydrogen-bond donors (Lipinski definition) is 4. The van der Waals surface area contributed by atoms with E-state index in [1.165, 1.54) is 0 Å². The van der Waals surface area contributed by atoms with E-state index in [9.17, 15) is 25.2 Å². The molecular formula is C22H22O10. The molecule has 0 amide bonds. The zero-order chi connectivity index (χ0) is 22.7. The van der Waals surface area contributed by atoms with Gasteiger partial charge >= 0.3 is 5.63 Å². The van der Waals surface area contributed by atoms with Gasteiger partial charge < -0.3 is 43.8 Å². The molecule has 170 valence electrons. The van der Waals surface area contributed by atoms with Crippen molar-refractivity contribution in [3.8, 4) is 17.2 Å². The van der Waals surface area contributed by atoms with Crippen molar-refractivity contribution in [2.75, 3.05) is 13.4 Å². The van der Waals surface area contributed by atoms with Crippen LogP contribution >= 0.6 is 0 Å². The van der Waals surface area contributed by atoms with Crippen LogP contribution in [0, 0.1) is 13.8 Å². The van der Waals surface area contributed by atoms with E-state index in [0.29, 0.717) is 38.8 Å². The van der Waals surface area contributed by atoms with Gasteiger partial charge in [-0.25, -0.2) is 4.79 Å². The maximum atomic E-state index is 12.7. The van der Waals surface area contributed by atoms with Gasteiger partial charge in [-0.05, 0) is 37.6 Å². The largest absolute Gasteiger partial charge is 0.462 e. The highest BCUT2D eigenvalue weighted by Crippen LogP contribution is 2.44. The zero-order valence-electron chi connectivity index (χ0n) is 17.3. The third-order valence-electron chi connectivity index (χ3n) is 5.97. The van der Waals surface area contributed by atoms with Gasteiger partial charge in [0.15, 0.2) is 11.5 Å². The van der Waals surface area contributed by atoms with Crippen molar-refractivity contribution >= 4 is 21.7 Å². The molecule has 10 nitrogen and oxygen atoms in total. The van der Waals surface area contributed by atoms with Crippen LogP contribution in [0.2, 0.25) is 0 Å². The molecule has 3 aromatic rings. The van der Waals surface area contributed by atoms with Crippen molar-refractivity contribution in [2.45, 2.75) is 44.6 Å². The SMILES string of the molecule is Cc1c(O[C@@H]2O[C@H](CO)[C@@H](O)[C@H](O)[C@H]2O)cc(C)c2c1oc(=O)c1ccc3c(c12)OCO3. The number of ether oxygens (including phenoxy) is 4. The fraction of sp³-hybridized carbons (Fsp3) is 0.409. The van der Waals surface area contributed by atoms with Gasteiger partial charge in [0.05, 0.1) is 12.0 Å². The van der Waals surface area contributed by atoms with Crippen molar-refractivity contribution in [2.24, 2.45) is 0 Å². The fourth-order valence-corrected chi connectivity index (χ4v) is 4.24. The fourth-order valence-electron chi connectivity index (χ4n) is 4.24. The average Bonchev–Trinajstić information content (AvgIpc) is 3.26. The molecule has 0 aliphatic carbocycles. The summed E-state index contributed by atoms with van der Waals surface area (Å²) in [6, 6.07) is 4.97. The smallest absolute Gasteiger partial charge is 0.344 e. The van der Waals surface area contributed by atoms with Crippen LogP contribution in [0.5, 0.6) is 17.2 Å². The van der Waals surface area contributed by atoms with Crippen LogP contribution in [0.25, 0.3) is 21.7 Å². The van der Waals surface area contributed by atoms with Crippen molar-refractivity contribution in [3.05, 3.63) is 39.7 Å². The van der Waals surface area contributed by atoms with Gasteiger partial charge in [-0.1, -0.05) is 0 Å². The standard InChI is InChI=1S/C22H22O10/c1-8-5-12(30-22-18(26)17(25)16(24)13(6-23)31-22)9(2)19-14(8)15-10(21(27)32-19)3-4-11-20(15)29-7-28-11/h3-5,13,16-18,22-26H,6-7H2,1-2H3/t13-,16-,17+,18-,22-/m1/s1. The van der Waals surface area contributed by atoms with E-state index in [1.54, 1.807) is 32.0 Å². The van der Waals surface area contributed by atoms with Crippen molar-refractivity contribution < 1.29 is 43.8 Å². The van der Waals surface area contributed by atoms with E-state index in [2.05, 4.69) is 0 Å². The second-order valence-electron chi connectivity index (χ2n) is 7.95. The summed E-state index contributed by atoms with van der Waals surface area (Å²) in [5.41, 5.74) is 0.866.